The fourth-order valence-electron chi connectivity index (χ4n) is 2.61. The topological polar surface area (TPSA) is 59.2 Å². The number of H-pyrrole nitrogens is 1. The zero-order chi connectivity index (χ0) is 14.9. The molecule has 2 aromatic rings. The molecule has 1 aromatic carbocycles. The van der Waals surface area contributed by atoms with Crippen molar-refractivity contribution in [1.29, 1.82) is 0 Å². The summed E-state index contributed by atoms with van der Waals surface area (Å²) in [6.45, 7) is 6.59. The molecule has 1 N–H and O–H groups in total. The summed E-state index contributed by atoms with van der Waals surface area (Å²) in [7, 11) is -3.48. The molecule has 1 heterocycles. The van der Waals surface area contributed by atoms with Gasteiger partial charge in [-0.15, -0.1) is 0 Å². The molecular formula is C15H21NO3S. The van der Waals surface area contributed by atoms with Gasteiger partial charge in [0.2, 0.25) is 0 Å². The maximum atomic E-state index is 11.2. The second-order valence-electron chi connectivity index (χ2n) is 5.52. The number of aromatic amines is 1. The highest BCUT2D eigenvalue weighted by atomic mass is 32.2. The van der Waals surface area contributed by atoms with Gasteiger partial charge in [0.15, 0.2) is 0 Å². The first-order valence-corrected chi connectivity index (χ1v) is 8.64. The van der Waals surface area contributed by atoms with E-state index in [0.29, 0.717) is 17.6 Å². The SMILES string of the molecule is CCC(c1cc2cc(OS(C)(=O)=O)ccc2[nH]1)C(C)C. The van der Waals surface area contributed by atoms with Crippen LogP contribution in [-0.2, 0) is 10.1 Å². The van der Waals surface area contributed by atoms with Crippen LogP contribution in [0.1, 0.15) is 38.8 Å². The lowest BCUT2D eigenvalue weighted by Gasteiger charge is -2.17. The molecule has 0 saturated carbocycles. The van der Waals surface area contributed by atoms with E-state index in [1.165, 1.54) is 5.69 Å². The average molecular weight is 295 g/mol. The zero-order valence-corrected chi connectivity index (χ0v) is 13.1. The largest absolute Gasteiger partial charge is 0.383 e. The Morgan fingerprint density at radius 2 is 1.95 bits per heavy atom. The fourth-order valence-corrected chi connectivity index (χ4v) is 3.06. The molecule has 0 fully saturated rings. The van der Waals surface area contributed by atoms with Crippen LogP contribution in [-0.4, -0.2) is 19.7 Å². The summed E-state index contributed by atoms with van der Waals surface area (Å²) >= 11 is 0. The highest BCUT2D eigenvalue weighted by molar-refractivity contribution is 7.86. The summed E-state index contributed by atoms with van der Waals surface area (Å²) in [5, 5.41) is 0.972. The third-order valence-corrected chi connectivity index (χ3v) is 4.00. The summed E-state index contributed by atoms with van der Waals surface area (Å²) in [5.74, 6) is 1.38. The number of fused-ring (bicyclic) bond motifs is 1. The average Bonchev–Trinajstić information content (AvgIpc) is 2.69. The Morgan fingerprint density at radius 1 is 1.25 bits per heavy atom. The number of aromatic nitrogens is 1. The Kier molecular flexibility index (Phi) is 4.09. The van der Waals surface area contributed by atoms with Crippen molar-refractivity contribution in [2.24, 2.45) is 5.92 Å². The maximum absolute atomic E-state index is 11.2. The predicted molar refractivity (Wildman–Crippen MR) is 81.6 cm³/mol. The van der Waals surface area contributed by atoms with Gasteiger partial charge in [0.05, 0.1) is 6.26 Å². The molecule has 5 heteroatoms. The van der Waals surface area contributed by atoms with Crippen LogP contribution in [0.3, 0.4) is 0 Å². The highest BCUT2D eigenvalue weighted by Gasteiger charge is 2.16. The Labute approximate surface area is 120 Å². The second-order valence-corrected chi connectivity index (χ2v) is 7.09. The first kappa shape index (κ1) is 14.9. The summed E-state index contributed by atoms with van der Waals surface area (Å²) in [4.78, 5) is 3.41. The van der Waals surface area contributed by atoms with Crippen molar-refractivity contribution >= 4 is 21.0 Å². The van der Waals surface area contributed by atoms with Crippen LogP contribution in [0.5, 0.6) is 5.75 Å². The molecule has 0 radical (unpaired) electrons. The first-order chi connectivity index (χ1) is 9.30. The minimum Gasteiger partial charge on any atom is -0.383 e. The summed E-state index contributed by atoms with van der Waals surface area (Å²) < 4.78 is 27.2. The lowest BCUT2D eigenvalue weighted by atomic mass is 9.90. The molecule has 20 heavy (non-hydrogen) atoms. The number of hydrogen-bond acceptors (Lipinski definition) is 3. The van der Waals surface area contributed by atoms with Gasteiger partial charge >= 0.3 is 10.1 Å². The Bertz CT molecular complexity index is 701. The van der Waals surface area contributed by atoms with Crippen molar-refractivity contribution < 1.29 is 12.6 Å². The van der Waals surface area contributed by atoms with Crippen LogP contribution in [0.25, 0.3) is 10.9 Å². The van der Waals surface area contributed by atoms with E-state index in [9.17, 15) is 8.42 Å². The Balaban J connectivity index is 2.39. The van der Waals surface area contributed by atoms with Crippen LogP contribution in [0, 0.1) is 5.92 Å². The van der Waals surface area contributed by atoms with E-state index >= 15 is 0 Å². The molecule has 1 aromatic heterocycles. The molecule has 0 aliphatic rings. The van der Waals surface area contributed by atoms with E-state index < -0.39 is 10.1 Å². The molecule has 1 unspecified atom stereocenters. The van der Waals surface area contributed by atoms with Crippen LogP contribution in [0.2, 0.25) is 0 Å². The normalized spacial score (nSPS) is 13.8. The Hall–Kier alpha value is -1.49. The number of benzene rings is 1. The van der Waals surface area contributed by atoms with E-state index in [2.05, 4.69) is 31.8 Å². The molecular weight excluding hydrogens is 274 g/mol. The van der Waals surface area contributed by atoms with Crippen molar-refractivity contribution in [3.8, 4) is 5.75 Å². The first-order valence-electron chi connectivity index (χ1n) is 6.82. The van der Waals surface area contributed by atoms with Gasteiger partial charge in [-0.1, -0.05) is 20.8 Å². The van der Waals surface area contributed by atoms with Crippen LogP contribution < -0.4 is 4.18 Å². The smallest absolute Gasteiger partial charge is 0.306 e. The van der Waals surface area contributed by atoms with Crippen molar-refractivity contribution in [2.75, 3.05) is 6.26 Å². The maximum Gasteiger partial charge on any atom is 0.306 e. The molecule has 0 spiro atoms. The second kappa shape index (κ2) is 5.48. The number of hydrogen-bond donors (Lipinski definition) is 1. The van der Waals surface area contributed by atoms with Gasteiger partial charge in [0.25, 0.3) is 0 Å². The summed E-state index contributed by atoms with van der Waals surface area (Å²) in [6.07, 6.45) is 2.11. The molecule has 1 atom stereocenters. The zero-order valence-electron chi connectivity index (χ0n) is 12.3. The molecule has 110 valence electrons. The van der Waals surface area contributed by atoms with Crippen molar-refractivity contribution in [3.05, 3.63) is 30.0 Å². The molecule has 4 nitrogen and oxygen atoms in total. The third-order valence-electron chi connectivity index (χ3n) is 3.50. The van der Waals surface area contributed by atoms with E-state index in [1.54, 1.807) is 12.1 Å². The van der Waals surface area contributed by atoms with E-state index in [-0.39, 0.29) is 0 Å². The van der Waals surface area contributed by atoms with Gasteiger partial charge in [-0.25, -0.2) is 0 Å². The van der Waals surface area contributed by atoms with Gasteiger partial charge in [-0.2, -0.15) is 8.42 Å². The van der Waals surface area contributed by atoms with Gasteiger partial charge in [-0.3, -0.25) is 0 Å². The number of rotatable bonds is 5. The minimum absolute atomic E-state index is 0.350. The number of nitrogens with one attached hydrogen (secondary N) is 1. The lowest BCUT2D eigenvalue weighted by Crippen LogP contribution is -2.05. The lowest BCUT2D eigenvalue weighted by molar-refractivity contribution is 0.477. The van der Waals surface area contributed by atoms with Crippen LogP contribution in [0.4, 0.5) is 0 Å². The van der Waals surface area contributed by atoms with E-state index in [0.717, 1.165) is 23.6 Å². The van der Waals surface area contributed by atoms with Gasteiger partial charge < -0.3 is 9.17 Å². The Morgan fingerprint density at radius 3 is 2.50 bits per heavy atom. The monoisotopic (exact) mass is 295 g/mol. The fraction of sp³-hybridized carbons (Fsp3) is 0.467. The van der Waals surface area contributed by atoms with Crippen molar-refractivity contribution in [2.45, 2.75) is 33.1 Å². The van der Waals surface area contributed by atoms with Crippen LogP contribution >= 0.6 is 0 Å². The predicted octanol–water partition coefficient (Wildman–Crippen LogP) is 3.66. The molecule has 0 aliphatic carbocycles. The molecule has 0 aliphatic heterocycles. The van der Waals surface area contributed by atoms with Crippen molar-refractivity contribution in [3.63, 3.8) is 0 Å². The van der Waals surface area contributed by atoms with E-state index in [4.69, 9.17) is 4.18 Å². The quantitative estimate of drug-likeness (QED) is 0.856. The highest BCUT2D eigenvalue weighted by Crippen LogP contribution is 2.31. The molecule has 0 amide bonds. The van der Waals surface area contributed by atoms with Gasteiger partial charge in [-0.05, 0) is 36.6 Å². The summed E-state index contributed by atoms with van der Waals surface area (Å²) in [5.41, 5.74) is 2.19. The standard InChI is InChI=1S/C15H21NO3S/c1-5-13(10(2)3)15-9-11-8-12(19-20(4,17)18)6-7-14(11)16-15/h6-10,13,16H,5H2,1-4H3. The van der Waals surface area contributed by atoms with Gasteiger partial charge in [0.1, 0.15) is 5.75 Å². The van der Waals surface area contributed by atoms with E-state index in [1.807, 2.05) is 6.07 Å². The summed E-state index contributed by atoms with van der Waals surface area (Å²) in [6, 6.07) is 7.36. The molecule has 0 saturated heterocycles. The van der Waals surface area contributed by atoms with Gasteiger partial charge in [0, 0.05) is 22.5 Å². The van der Waals surface area contributed by atoms with Crippen molar-refractivity contribution in [1.82, 2.24) is 4.98 Å². The minimum atomic E-state index is -3.48. The van der Waals surface area contributed by atoms with Crippen LogP contribution in [0.15, 0.2) is 24.3 Å². The third kappa shape index (κ3) is 3.33. The molecule has 2 rings (SSSR count). The molecule has 0 bridgehead atoms.